The fourth-order valence-corrected chi connectivity index (χ4v) is 2.76. The van der Waals surface area contributed by atoms with E-state index in [1.807, 2.05) is 59.3 Å². The smallest absolute Gasteiger partial charge is 0.324 e. The molecule has 0 bridgehead atoms. The zero-order chi connectivity index (χ0) is 16.4. The van der Waals surface area contributed by atoms with Crippen LogP contribution in [0.25, 0.3) is 11.2 Å². The Hall–Kier alpha value is -3.21. The van der Waals surface area contributed by atoms with E-state index in [-0.39, 0.29) is 5.69 Å². The molecule has 0 amide bonds. The maximum atomic E-state index is 12.2. The minimum absolute atomic E-state index is 0.281. The highest BCUT2D eigenvalue weighted by molar-refractivity contribution is 5.69. The third-order valence-electron chi connectivity index (χ3n) is 3.97. The Labute approximate surface area is 138 Å². The van der Waals surface area contributed by atoms with E-state index in [9.17, 15) is 4.79 Å². The molecule has 0 aliphatic heterocycles. The first-order valence-corrected chi connectivity index (χ1v) is 7.80. The Kier molecular flexibility index (Phi) is 3.67. The summed E-state index contributed by atoms with van der Waals surface area (Å²) in [5, 5.41) is 0. The van der Waals surface area contributed by atoms with Gasteiger partial charge in [-0.05, 0) is 11.1 Å². The van der Waals surface area contributed by atoms with Crippen LogP contribution in [0.4, 0.5) is 0 Å². The topological polar surface area (TPSA) is 52.7 Å². The number of fused-ring (bicyclic) bond motifs is 1. The highest BCUT2D eigenvalue weighted by Crippen LogP contribution is 2.12. The molecule has 0 aliphatic carbocycles. The number of nitrogens with zero attached hydrogens (tertiary/aromatic N) is 4. The maximum absolute atomic E-state index is 12.2. The normalized spacial score (nSPS) is 11.0. The van der Waals surface area contributed by atoms with Crippen molar-refractivity contribution in [3.05, 3.63) is 94.8 Å². The van der Waals surface area contributed by atoms with E-state index < -0.39 is 0 Å². The van der Waals surface area contributed by atoms with Crippen molar-refractivity contribution in [3.63, 3.8) is 0 Å². The van der Waals surface area contributed by atoms with E-state index in [0.29, 0.717) is 18.7 Å². The van der Waals surface area contributed by atoms with Gasteiger partial charge in [-0.3, -0.25) is 4.57 Å². The first kappa shape index (κ1) is 14.4. The van der Waals surface area contributed by atoms with Crippen molar-refractivity contribution in [1.82, 2.24) is 19.1 Å². The summed E-state index contributed by atoms with van der Waals surface area (Å²) >= 11 is 0. The standard InChI is InChI=1S/C19H16N4O/c24-19-21-18-17(13-22(19)11-15-7-3-1-4-8-15)23(14-20-18)12-16-9-5-2-6-10-16/h1-10,13-14H,11-12H2. The van der Waals surface area contributed by atoms with Crippen LogP contribution in [0.15, 0.2) is 78.0 Å². The van der Waals surface area contributed by atoms with Crippen LogP contribution < -0.4 is 5.69 Å². The summed E-state index contributed by atoms with van der Waals surface area (Å²) in [6.07, 6.45) is 3.57. The molecule has 5 nitrogen and oxygen atoms in total. The van der Waals surface area contributed by atoms with Crippen molar-refractivity contribution in [2.45, 2.75) is 13.1 Å². The van der Waals surface area contributed by atoms with E-state index in [0.717, 1.165) is 11.1 Å². The zero-order valence-corrected chi connectivity index (χ0v) is 13.0. The van der Waals surface area contributed by atoms with Gasteiger partial charge in [-0.25, -0.2) is 9.78 Å². The number of imidazole rings is 1. The number of rotatable bonds is 4. The summed E-state index contributed by atoms with van der Waals surface area (Å²) in [7, 11) is 0. The van der Waals surface area contributed by atoms with Gasteiger partial charge in [-0.1, -0.05) is 60.7 Å². The molecule has 5 heteroatoms. The molecular formula is C19H16N4O. The number of hydrogen-bond acceptors (Lipinski definition) is 3. The molecular weight excluding hydrogens is 300 g/mol. The summed E-state index contributed by atoms with van der Waals surface area (Å²) in [5.41, 5.74) is 3.30. The van der Waals surface area contributed by atoms with E-state index in [1.165, 1.54) is 5.56 Å². The predicted molar refractivity (Wildman–Crippen MR) is 92.9 cm³/mol. The summed E-state index contributed by atoms with van der Waals surface area (Å²) in [6.45, 7) is 1.20. The van der Waals surface area contributed by atoms with Gasteiger partial charge < -0.3 is 4.57 Å². The van der Waals surface area contributed by atoms with Crippen LogP contribution in [0.2, 0.25) is 0 Å². The van der Waals surface area contributed by atoms with E-state index >= 15 is 0 Å². The minimum atomic E-state index is -0.281. The van der Waals surface area contributed by atoms with Crippen LogP contribution >= 0.6 is 0 Å². The van der Waals surface area contributed by atoms with Crippen molar-refractivity contribution in [3.8, 4) is 0 Å². The molecule has 4 aromatic rings. The molecule has 4 rings (SSSR count). The minimum Gasteiger partial charge on any atom is -0.324 e. The Balaban J connectivity index is 1.73. The second kappa shape index (κ2) is 6.12. The van der Waals surface area contributed by atoms with Crippen molar-refractivity contribution < 1.29 is 0 Å². The molecule has 0 radical (unpaired) electrons. The van der Waals surface area contributed by atoms with Crippen molar-refractivity contribution in [1.29, 1.82) is 0 Å². The molecule has 0 spiro atoms. The average Bonchev–Trinajstić information content (AvgIpc) is 2.99. The van der Waals surface area contributed by atoms with Crippen molar-refractivity contribution in [2.24, 2.45) is 0 Å². The van der Waals surface area contributed by atoms with Crippen LogP contribution in [-0.2, 0) is 13.1 Å². The van der Waals surface area contributed by atoms with E-state index in [2.05, 4.69) is 22.1 Å². The molecule has 118 valence electrons. The van der Waals surface area contributed by atoms with Crippen LogP contribution in [0.5, 0.6) is 0 Å². The average molecular weight is 316 g/mol. The van der Waals surface area contributed by atoms with Gasteiger partial charge in [0.2, 0.25) is 0 Å². The largest absolute Gasteiger partial charge is 0.350 e. The SMILES string of the molecule is O=c1nc2ncn(Cc3ccccc3)c2cn1Cc1ccccc1. The molecule has 2 aromatic carbocycles. The molecule has 0 saturated heterocycles. The third kappa shape index (κ3) is 2.84. The number of aromatic nitrogens is 4. The van der Waals surface area contributed by atoms with Crippen LogP contribution in [0.3, 0.4) is 0 Å². The van der Waals surface area contributed by atoms with Crippen LogP contribution in [0.1, 0.15) is 11.1 Å². The monoisotopic (exact) mass is 316 g/mol. The summed E-state index contributed by atoms with van der Waals surface area (Å²) < 4.78 is 3.64. The van der Waals surface area contributed by atoms with Crippen molar-refractivity contribution >= 4 is 11.2 Å². The van der Waals surface area contributed by atoms with Gasteiger partial charge >= 0.3 is 5.69 Å². The van der Waals surface area contributed by atoms with Gasteiger partial charge in [-0.2, -0.15) is 4.98 Å². The number of hydrogen-bond donors (Lipinski definition) is 0. The number of benzene rings is 2. The molecule has 2 heterocycles. The second-order valence-electron chi connectivity index (χ2n) is 5.70. The Morgan fingerprint density at radius 2 is 1.38 bits per heavy atom. The third-order valence-corrected chi connectivity index (χ3v) is 3.97. The lowest BCUT2D eigenvalue weighted by molar-refractivity contribution is 0.729. The Morgan fingerprint density at radius 3 is 2.00 bits per heavy atom. The molecule has 24 heavy (non-hydrogen) atoms. The first-order chi connectivity index (χ1) is 11.8. The summed E-state index contributed by atoms with van der Waals surface area (Å²) in [5.74, 6) is 0. The fourth-order valence-electron chi connectivity index (χ4n) is 2.76. The highest BCUT2D eigenvalue weighted by Gasteiger charge is 2.08. The van der Waals surface area contributed by atoms with Gasteiger partial charge in [0.15, 0.2) is 5.65 Å². The predicted octanol–water partition coefficient (Wildman–Crippen LogP) is 2.69. The fraction of sp³-hybridized carbons (Fsp3) is 0.105. The molecule has 2 aromatic heterocycles. The van der Waals surface area contributed by atoms with Gasteiger partial charge in [0.25, 0.3) is 0 Å². The molecule has 0 atom stereocenters. The van der Waals surface area contributed by atoms with Gasteiger partial charge in [0.1, 0.15) is 5.52 Å². The Bertz CT molecular complexity index is 1020. The maximum Gasteiger partial charge on any atom is 0.350 e. The zero-order valence-electron chi connectivity index (χ0n) is 13.0. The first-order valence-electron chi connectivity index (χ1n) is 7.80. The lowest BCUT2D eigenvalue weighted by Gasteiger charge is -2.08. The van der Waals surface area contributed by atoms with E-state index in [1.54, 1.807) is 10.9 Å². The van der Waals surface area contributed by atoms with Gasteiger partial charge in [-0.15, -0.1) is 0 Å². The van der Waals surface area contributed by atoms with E-state index in [4.69, 9.17) is 0 Å². The molecule has 0 N–H and O–H groups in total. The highest BCUT2D eigenvalue weighted by atomic mass is 16.1. The Morgan fingerprint density at radius 1 is 0.792 bits per heavy atom. The van der Waals surface area contributed by atoms with Gasteiger partial charge in [0, 0.05) is 12.7 Å². The van der Waals surface area contributed by atoms with Crippen molar-refractivity contribution in [2.75, 3.05) is 0 Å². The lowest BCUT2D eigenvalue weighted by Crippen LogP contribution is -2.23. The van der Waals surface area contributed by atoms with Crippen LogP contribution in [0, 0.1) is 0 Å². The molecule has 0 fully saturated rings. The molecule has 0 unspecified atom stereocenters. The molecule has 0 aliphatic rings. The lowest BCUT2D eigenvalue weighted by atomic mass is 10.2. The molecule has 0 saturated carbocycles. The summed E-state index contributed by atoms with van der Waals surface area (Å²) in [6, 6.07) is 20.0. The summed E-state index contributed by atoms with van der Waals surface area (Å²) in [4.78, 5) is 20.6. The van der Waals surface area contributed by atoms with Gasteiger partial charge in [0.05, 0.1) is 12.9 Å². The van der Waals surface area contributed by atoms with Crippen LogP contribution in [-0.4, -0.2) is 19.1 Å². The second-order valence-corrected chi connectivity index (χ2v) is 5.70. The quantitative estimate of drug-likeness (QED) is 0.582.